The Bertz CT molecular complexity index is 1150. The molecule has 4 rings (SSSR count). The van der Waals surface area contributed by atoms with Crippen LogP contribution in [-0.2, 0) is 11.3 Å². The Balaban J connectivity index is 1.84. The monoisotopic (exact) mass is 398 g/mol. The van der Waals surface area contributed by atoms with E-state index in [9.17, 15) is 9.59 Å². The number of thiocarbonyl (C=S) groups is 1. The number of amides is 1. The van der Waals surface area contributed by atoms with Gasteiger partial charge in [-0.1, -0.05) is 30.0 Å². The standard InChI is InChI=1S/C18H14N4O3S2/c1-10-4-5-14-20-15(19-8-11-3-2-6-25-11)12(17(24)22(14)9-10)7-13-16(23)21-18(26)27-13/h2-7,9,19H,8H2,1H3,(H,21,23,26). The van der Waals surface area contributed by atoms with Crippen LogP contribution in [0, 0.1) is 6.92 Å². The summed E-state index contributed by atoms with van der Waals surface area (Å²) in [6, 6.07) is 7.26. The van der Waals surface area contributed by atoms with Crippen LogP contribution in [0.1, 0.15) is 16.9 Å². The topological polar surface area (TPSA) is 88.6 Å². The molecule has 136 valence electrons. The number of carbonyl (C=O) groups excluding carboxylic acids is 1. The maximum Gasteiger partial charge on any atom is 0.267 e. The van der Waals surface area contributed by atoms with E-state index >= 15 is 0 Å². The molecule has 3 aromatic heterocycles. The van der Waals surface area contributed by atoms with Crippen LogP contribution < -0.4 is 16.2 Å². The molecule has 1 aliphatic heterocycles. The van der Waals surface area contributed by atoms with Crippen molar-refractivity contribution in [1.82, 2.24) is 14.7 Å². The Hall–Kier alpha value is -2.91. The molecule has 1 saturated heterocycles. The number of hydrogen-bond donors (Lipinski definition) is 2. The number of fused-ring (bicyclic) bond motifs is 1. The van der Waals surface area contributed by atoms with Gasteiger partial charge in [0.05, 0.1) is 23.3 Å². The average Bonchev–Trinajstić information content (AvgIpc) is 3.26. The number of anilines is 1. The molecule has 3 aromatic rings. The Labute approximate surface area is 163 Å². The Morgan fingerprint density at radius 2 is 2.22 bits per heavy atom. The van der Waals surface area contributed by atoms with Crippen LogP contribution in [-0.4, -0.2) is 19.6 Å². The molecule has 0 unspecified atom stereocenters. The lowest BCUT2D eigenvalue weighted by molar-refractivity contribution is -0.115. The van der Waals surface area contributed by atoms with Crippen molar-refractivity contribution in [3.63, 3.8) is 0 Å². The molecule has 7 nitrogen and oxygen atoms in total. The van der Waals surface area contributed by atoms with Crippen LogP contribution in [0.5, 0.6) is 0 Å². The van der Waals surface area contributed by atoms with E-state index in [2.05, 4.69) is 15.6 Å². The van der Waals surface area contributed by atoms with Gasteiger partial charge in [-0.2, -0.15) is 0 Å². The van der Waals surface area contributed by atoms with E-state index in [1.54, 1.807) is 24.6 Å². The third-order valence-electron chi connectivity index (χ3n) is 3.93. The second-order valence-electron chi connectivity index (χ2n) is 5.90. The second kappa shape index (κ2) is 7.01. The van der Waals surface area contributed by atoms with E-state index in [0.29, 0.717) is 33.0 Å². The third kappa shape index (κ3) is 3.51. The number of aryl methyl sites for hydroxylation is 1. The summed E-state index contributed by atoms with van der Waals surface area (Å²) in [6.45, 7) is 2.25. The molecule has 0 bridgehead atoms. The zero-order chi connectivity index (χ0) is 19.0. The van der Waals surface area contributed by atoms with E-state index in [1.807, 2.05) is 19.1 Å². The fourth-order valence-electron chi connectivity index (χ4n) is 2.66. The zero-order valence-corrected chi connectivity index (χ0v) is 15.8. The van der Waals surface area contributed by atoms with Crippen LogP contribution in [0.2, 0.25) is 0 Å². The normalized spacial score (nSPS) is 15.5. The molecule has 0 spiro atoms. The number of furan rings is 1. The van der Waals surface area contributed by atoms with Gasteiger partial charge in [-0.15, -0.1) is 0 Å². The lowest BCUT2D eigenvalue weighted by Crippen LogP contribution is -2.21. The first-order chi connectivity index (χ1) is 13.0. The van der Waals surface area contributed by atoms with Gasteiger partial charge < -0.3 is 15.1 Å². The van der Waals surface area contributed by atoms with Crippen LogP contribution in [0.3, 0.4) is 0 Å². The summed E-state index contributed by atoms with van der Waals surface area (Å²) in [5, 5.41) is 5.68. The predicted octanol–water partition coefficient (Wildman–Crippen LogP) is 2.70. The third-order valence-corrected chi connectivity index (χ3v) is 5.10. The molecule has 9 heteroatoms. The van der Waals surface area contributed by atoms with Gasteiger partial charge in [0.15, 0.2) is 0 Å². The van der Waals surface area contributed by atoms with E-state index in [4.69, 9.17) is 16.6 Å². The molecule has 27 heavy (non-hydrogen) atoms. The van der Waals surface area contributed by atoms with Crippen molar-refractivity contribution in [2.75, 3.05) is 5.32 Å². The molecule has 0 atom stereocenters. The zero-order valence-electron chi connectivity index (χ0n) is 14.2. The fourth-order valence-corrected chi connectivity index (χ4v) is 3.69. The van der Waals surface area contributed by atoms with Crippen molar-refractivity contribution in [2.24, 2.45) is 0 Å². The van der Waals surface area contributed by atoms with Crippen molar-refractivity contribution < 1.29 is 9.21 Å². The predicted molar refractivity (Wildman–Crippen MR) is 109 cm³/mol. The molecule has 1 amide bonds. The van der Waals surface area contributed by atoms with Crippen LogP contribution in [0.4, 0.5) is 5.82 Å². The Kier molecular flexibility index (Phi) is 4.54. The highest BCUT2D eigenvalue weighted by Crippen LogP contribution is 2.27. The summed E-state index contributed by atoms with van der Waals surface area (Å²) in [5.74, 6) is 0.753. The summed E-state index contributed by atoms with van der Waals surface area (Å²) < 4.78 is 7.15. The van der Waals surface area contributed by atoms with Crippen molar-refractivity contribution in [3.05, 3.63) is 68.9 Å². The molecule has 1 aliphatic rings. The second-order valence-corrected chi connectivity index (χ2v) is 7.62. The van der Waals surface area contributed by atoms with Gasteiger partial charge in [0, 0.05) is 6.20 Å². The summed E-state index contributed by atoms with van der Waals surface area (Å²) in [5.41, 5.74) is 1.44. The number of hydrogen-bond acceptors (Lipinski definition) is 7. The molecule has 0 saturated carbocycles. The average molecular weight is 398 g/mol. The van der Waals surface area contributed by atoms with Gasteiger partial charge in [-0.05, 0) is 36.8 Å². The van der Waals surface area contributed by atoms with Gasteiger partial charge in [-0.25, -0.2) is 4.98 Å². The van der Waals surface area contributed by atoms with Crippen LogP contribution >= 0.6 is 24.0 Å². The largest absolute Gasteiger partial charge is 0.467 e. The summed E-state index contributed by atoms with van der Waals surface area (Å²) in [7, 11) is 0. The first-order valence-corrected chi connectivity index (χ1v) is 9.28. The fraction of sp³-hybridized carbons (Fsp3) is 0.111. The number of aromatic nitrogens is 2. The SMILES string of the molecule is Cc1ccc2nc(NCc3ccco3)c(C=C3SC(=S)NC3=O)c(=O)n2c1. The number of carbonyl (C=O) groups is 1. The van der Waals surface area contributed by atoms with E-state index in [1.165, 1.54) is 10.5 Å². The highest BCUT2D eigenvalue weighted by molar-refractivity contribution is 8.26. The molecule has 0 aliphatic carbocycles. The van der Waals surface area contributed by atoms with E-state index in [0.717, 1.165) is 17.3 Å². The minimum atomic E-state index is -0.323. The summed E-state index contributed by atoms with van der Waals surface area (Å²) >= 11 is 6.14. The Morgan fingerprint density at radius 1 is 1.37 bits per heavy atom. The van der Waals surface area contributed by atoms with E-state index in [-0.39, 0.29) is 17.0 Å². The maximum atomic E-state index is 13.1. The van der Waals surface area contributed by atoms with Crippen molar-refractivity contribution in [3.8, 4) is 0 Å². The maximum absolute atomic E-state index is 13.1. The van der Waals surface area contributed by atoms with E-state index < -0.39 is 0 Å². The smallest absolute Gasteiger partial charge is 0.267 e. The highest BCUT2D eigenvalue weighted by Gasteiger charge is 2.24. The van der Waals surface area contributed by atoms with Gasteiger partial charge in [-0.3, -0.25) is 14.0 Å². The number of rotatable bonds is 4. The summed E-state index contributed by atoms with van der Waals surface area (Å²) in [4.78, 5) is 30.0. The lowest BCUT2D eigenvalue weighted by Gasteiger charge is -2.10. The van der Waals surface area contributed by atoms with Crippen molar-refractivity contribution >= 4 is 51.7 Å². The minimum Gasteiger partial charge on any atom is -0.467 e. The summed E-state index contributed by atoms with van der Waals surface area (Å²) in [6.07, 6.45) is 4.81. The quantitative estimate of drug-likeness (QED) is 0.516. The molecule has 4 heterocycles. The molecular weight excluding hydrogens is 384 g/mol. The van der Waals surface area contributed by atoms with Crippen molar-refractivity contribution in [2.45, 2.75) is 13.5 Å². The highest BCUT2D eigenvalue weighted by atomic mass is 32.2. The molecule has 2 N–H and O–H groups in total. The van der Waals surface area contributed by atoms with Crippen molar-refractivity contribution in [1.29, 1.82) is 0 Å². The number of pyridine rings is 1. The Morgan fingerprint density at radius 3 is 2.93 bits per heavy atom. The van der Waals surface area contributed by atoms with Gasteiger partial charge in [0.2, 0.25) is 0 Å². The first-order valence-electron chi connectivity index (χ1n) is 8.05. The number of thioether (sulfide) groups is 1. The molecule has 0 radical (unpaired) electrons. The molecule has 0 aromatic carbocycles. The van der Waals surface area contributed by atoms with Crippen LogP contribution in [0.15, 0.2) is 50.8 Å². The van der Waals surface area contributed by atoms with Gasteiger partial charge >= 0.3 is 0 Å². The van der Waals surface area contributed by atoms with Gasteiger partial charge in [0.25, 0.3) is 11.5 Å². The lowest BCUT2D eigenvalue weighted by atomic mass is 10.2. The van der Waals surface area contributed by atoms with Crippen LogP contribution in [0.25, 0.3) is 11.7 Å². The minimum absolute atomic E-state index is 0.274. The molecular formula is C18H14N4O3S2. The number of nitrogens with zero attached hydrogens (tertiary/aromatic N) is 2. The van der Waals surface area contributed by atoms with Gasteiger partial charge in [0.1, 0.15) is 21.5 Å². The molecule has 1 fully saturated rings. The first kappa shape index (κ1) is 17.5. The number of nitrogens with one attached hydrogen (secondary N) is 2.